The van der Waals surface area contributed by atoms with Crippen LogP contribution in [-0.2, 0) is 52.8 Å². The lowest BCUT2D eigenvalue weighted by Gasteiger charge is -2.27. The molecule has 1 saturated carbocycles. The highest BCUT2D eigenvalue weighted by atomic mass is 16.4. The quantitative estimate of drug-likeness (QED) is 0.0876. The molecular weight excluding hydrogens is 710 g/mol. The van der Waals surface area contributed by atoms with Crippen LogP contribution in [0.5, 0.6) is 5.75 Å². The number of hydrogen-bond donors (Lipinski definition) is 8. The van der Waals surface area contributed by atoms with E-state index >= 15 is 0 Å². The summed E-state index contributed by atoms with van der Waals surface area (Å²) < 4.78 is 0. The monoisotopic (exact) mass is 757 g/mol. The highest BCUT2D eigenvalue weighted by molar-refractivity contribution is 5.96. The molecule has 6 atom stereocenters. The predicted molar refractivity (Wildman–Crippen MR) is 199 cm³/mol. The Kier molecular flexibility index (Phi) is 15.3. The highest BCUT2D eigenvalue weighted by Gasteiger charge is 2.39. The molecule has 4 rings (SSSR count). The molecule has 5 amide bonds. The molecule has 15 heteroatoms. The highest BCUT2D eigenvalue weighted by Crippen LogP contribution is 2.32. The number of likely N-dealkylation sites (N-methyl/N-ethyl adjacent to an activating group) is 1. The van der Waals surface area contributed by atoms with Gasteiger partial charge < -0.3 is 41.9 Å². The van der Waals surface area contributed by atoms with E-state index in [1.165, 1.54) is 19.2 Å². The molecule has 0 aliphatic heterocycles. The van der Waals surface area contributed by atoms with E-state index in [9.17, 15) is 48.9 Å². The average Bonchev–Trinajstić information content (AvgIpc) is 3.68. The topological polar surface area (TPSA) is 240 Å². The van der Waals surface area contributed by atoms with Crippen molar-refractivity contribution in [1.82, 2.24) is 26.6 Å². The summed E-state index contributed by atoms with van der Waals surface area (Å²) in [4.78, 5) is 91.5. The number of carboxylic acids is 2. The van der Waals surface area contributed by atoms with Gasteiger partial charge in [0.25, 0.3) is 0 Å². The number of carboxylic acid groups (broad SMARTS) is 2. The molecule has 0 saturated heterocycles. The summed E-state index contributed by atoms with van der Waals surface area (Å²) in [6, 6.07) is 18.4. The van der Waals surface area contributed by atoms with E-state index in [2.05, 4.69) is 26.6 Å². The first kappa shape index (κ1) is 41.5. The minimum Gasteiger partial charge on any atom is -0.508 e. The van der Waals surface area contributed by atoms with Gasteiger partial charge >= 0.3 is 11.9 Å². The smallest absolute Gasteiger partial charge is 0.307 e. The zero-order valence-electron chi connectivity index (χ0n) is 30.4. The summed E-state index contributed by atoms with van der Waals surface area (Å²) in [5.41, 5.74) is 1.93. The van der Waals surface area contributed by atoms with Gasteiger partial charge in [0.2, 0.25) is 29.5 Å². The lowest BCUT2D eigenvalue weighted by atomic mass is 9.94. The minimum absolute atomic E-state index is 0.0214. The predicted octanol–water partition coefficient (Wildman–Crippen LogP) is 1.47. The van der Waals surface area contributed by atoms with E-state index in [1.807, 2.05) is 0 Å². The second-order valence-electron chi connectivity index (χ2n) is 13.5. The molecule has 1 aliphatic rings. The van der Waals surface area contributed by atoms with E-state index in [1.54, 1.807) is 72.8 Å². The first-order valence-electron chi connectivity index (χ1n) is 18.1. The molecule has 0 spiro atoms. The summed E-state index contributed by atoms with van der Waals surface area (Å²) in [6.45, 7) is 0. The SMILES string of the molecule is CNC(=O)[C@H](Cc1ccccc1)NC(=O)[C@H](CCC(=O)O)NC(=O)[C@H](Cc1ccccc1)NC(=O)[C@H](Cc1ccc(O)cc1)NC(=O)[C@@H]1CCC[C@H]1C(=O)O. The Bertz CT molecular complexity index is 1810. The second kappa shape index (κ2) is 20.3. The zero-order chi connectivity index (χ0) is 39.9. The molecule has 8 N–H and O–H groups in total. The number of aliphatic carboxylic acids is 2. The van der Waals surface area contributed by atoms with Crippen molar-refractivity contribution in [3.63, 3.8) is 0 Å². The van der Waals surface area contributed by atoms with E-state index in [-0.39, 0.29) is 31.4 Å². The molecule has 1 aliphatic carbocycles. The zero-order valence-corrected chi connectivity index (χ0v) is 30.4. The van der Waals surface area contributed by atoms with Crippen LogP contribution in [0.25, 0.3) is 0 Å². The van der Waals surface area contributed by atoms with Crippen LogP contribution in [0, 0.1) is 11.8 Å². The van der Waals surface area contributed by atoms with Crippen LogP contribution in [0.4, 0.5) is 0 Å². The molecular formula is C40H47N5O10. The van der Waals surface area contributed by atoms with Gasteiger partial charge in [-0.2, -0.15) is 0 Å². The molecule has 0 unspecified atom stereocenters. The van der Waals surface area contributed by atoms with E-state index in [0.717, 1.165) is 5.56 Å². The van der Waals surface area contributed by atoms with Crippen molar-refractivity contribution < 1.29 is 48.9 Å². The minimum atomic E-state index is -1.43. The number of carbonyl (C=O) groups is 7. The van der Waals surface area contributed by atoms with Crippen LogP contribution < -0.4 is 26.6 Å². The van der Waals surface area contributed by atoms with Gasteiger partial charge in [-0.15, -0.1) is 0 Å². The third-order valence-electron chi connectivity index (χ3n) is 9.54. The number of amides is 5. The summed E-state index contributed by atoms with van der Waals surface area (Å²) in [5.74, 6) is -7.71. The van der Waals surface area contributed by atoms with Crippen molar-refractivity contribution in [2.75, 3.05) is 7.05 Å². The number of phenols is 1. The normalized spacial score (nSPS) is 17.0. The van der Waals surface area contributed by atoms with Gasteiger partial charge in [0.15, 0.2) is 0 Å². The van der Waals surface area contributed by atoms with Gasteiger partial charge in [-0.05, 0) is 48.1 Å². The van der Waals surface area contributed by atoms with Crippen molar-refractivity contribution in [1.29, 1.82) is 0 Å². The van der Waals surface area contributed by atoms with Crippen molar-refractivity contribution >= 4 is 41.5 Å². The average molecular weight is 758 g/mol. The largest absolute Gasteiger partial charge is 0.508 e. The summed E-state index contributed by atoms with van der Waals surface area (Å²) >= 11 is 0. The first-order chi connectivity index (χ1) is 26.3. The van der Waals surface area contributed by atoms with Crippen LogP contribution in [-0.4, -0.2) is 88.0 Å². The van der Waals surface area contributed by atoms with Crippen LogP contribution in [0.15, 0.2) is 84.9 Å². The number of benzene rings is 3. The Labute approximate surface area is 318 Å². The lowest BCUT2D eigenvalue weighted by molar-refractivity contribution is -0.146. The Balaban J connectivity index is 1.59. The molecule has 55 heavy (non-hydrogen) atoms. The Hall–Kier alpha value is -6.25. The Morgan fingerprint density at radius 2 is 1.02 bits per heavy atom. The summed E-state index contributed by atoms with van der Waals surface area (Å²) in [5, 5.41) is 42.0. The van der Waals surface area contributed by atoms with Crippen LogP contribution in [0.1, 0.15) is 48.8 Å². The fourth-order valence-corrected chi connectivity index (χ4v) is 6.57. The van der Waals surface area contributed by atoms with Crippen molar-refractivity contribution in [3.8, 4) is 5.75 Å². The number of aromatic hydroxyl groups is 1. The molecule has 3 aromatic carbocycles. The molecule has 292 valence electrons. The number of rotatable bonds is 19. The van der Waals surface area contributed by atoms with E-state index in [4.69, 9.17) is 0 Å². The van der Waals surface area contributed by atoms with Crippen LogP contribution in [0.3, 0.4) is 0 Å². The molecule has 15 nitrogen and oxygen atoms in total. The first-order valence-corrected chi connectivity index (χ1v) is 18.1. The summed E-state index contributed by atoms with van der Waals surface area (Å²) in [6.07, 6.45) is 0.289. The lowest BCUT2D eigenvalue weighted by Crippen LogP contribution is -2.59. The molecule has 0 heterocycles. The van der Waals surface area contributed by atoms with Crippen molar-refractivity contribution in [2.45, 2.75) is 75.5 Å². The van der Waals surface area contributed by atoms with Gasteiger partial charge in [-0.3, -0.25) is 33.6 Å². The standard InChI is InChI=1S/C40H47N5O10/c1-41-36(50)31(21-24-9-4-2-5-10-24)44-37(51)30(19-20-34(47)48)42-38(52)33(22-25-11-6-3-7-12-25)45-39(53)32(23-26-15-17-27(46)18-16-26)43-35(49)28-13-8-14-29(28)40(54)55/h2-7,9-12,15-18,28-33,46H,8,13-14,19-23H2,1H3,(H,41,50)(H,42,52)(H,43,49)(H,44,51)(H,45,53)(H,47,48)(H,54,55)/t28-,29-,30+,31+,32+,33+/m1/s1. The number of hydrogen-bond acceptors (Lipinski definition) is 8. The van der Waals surface area contributed by atoms with Gasteiger partial charge in [0, 0.05) is 32.7 Å². The third-order valence-corrected chi connectivity index (χ3v) is 9.54. The maximum Gasteiger partial charge on any atom is 0.307 e. The van der Waals surface area contributed by atoms with Gasteiger partial charge in [0.05, 0.1) is 11.8 Å². The van der Waals surface area contributed by atoms with Crippen molar-refractivity contribution in [2.24, 2.45) is 11.8 Å². The third kappa shape index (κ3) is 12.7. The van der Waals surface area contributed by atoms with Gasteiger partial charge in [-0.25, -0.2) is 0 Å². The van der Waals surface area contributed by atoms with Gasteiger partial charge in [0.1, 0.15) is 29.9 Å². The van der Waals surface area contributed by atoms with Crippen LogP contribution in [0.2, 0.25) is 0 Å². The second-order valence-corrected chi connectivity index (χ2v) is 13.5. The maximum atomic E-state index is 14.1. The molecule has 0 bridgehead atoms. The van der Waals surface area contributed by atoms with Crippen LogP contribution >= 0.6 is 0 Å². The Morgan fingerprint density at radius 3 is 1.51 bits per heavy atom. The fraction of sp³-hybridized carbons (Fsp3) is 0.375. The van der Waals surface area contributed by atoms with E-state index in [0.29, 0.717) is 30.4 Å². The molecule has 3 aromatic rings. The summed E-state index contributed by atoms with van der Waals surface area (Å²) in [7, 11) is 1.41. The molecule has 1 fully saturated rings. The number of carbonyl (C=O) groups excluding carboxylic acids is 5. The fourth-order valence-electron chi connectivity index (χ4n) is 6.57. The van der Waals surface area contributed by atoms with E-state index < -0.39 is 83.9 Å². The molecule has 0 radical (unpaired) electrons. The number of nitrogens with one attached hydrogen (secondary N) is 5. The number of phenolic OH excluding ortho intramolecular Hbond substituents is 1. The van der Waals surface area contributed by atoms with Gasteiger partial charge in [-0.1, -0.05) is 79.2 Å². The van der Waals surface area contributed by atoms with Crippen molar-refractivity contribution in [3.05, 3.63) is 102 Å². The Morgan fingerprint density at radius 1 is 0.582 bits per heavy atom. The maximum absolute atomic E-state index is 14.1. The molecule has 0 aromatic heterocycles.